The number of unbranched alkanes of at least 4 members (excludes halogenated alkanes) is 6. The molecule has 0 amide bonds. The maximum Gasteiger partial charge on any atom is 0.453 e. The molecule has 3 rings (SSSR count). The summed E-state index contributed by atoms with van der Waals surface area (Å²) in [6.07, 6.45) is 3.61. The van der Waals surface area contributed by atoms with Gasteiger partial charge in [0, 0.05) is 38.0 Å². The smallest absolute Gasteiger partial charge is 0.453 e. The highest BCUT2D eigenvalue weighted by Crippen LogP contribution is 2.50. The van der Waals surface area contributed by atoms with Crippen molar-refractivity contribution in [3.8, 4) is 17.2 Å². The van der Waals surface area contributed by atoms with Gasteiger partial charge in [0.2, 0.25) is 0 Å². The average Bonchev–Trinajstić information content (AvgIpc) is 3.02. The molecule has 2 aromatic rings. The maximum atomic E-state index is 13.1. The first kappa shape index (κ1) is 37.6. The quantitative estimate of drug-likeness (QED) is 0.0614. The van der Waals surface area contributed by atoms with Crippen LogP contribution in [0.1, 0.15) is 102 Å². The standard InChI is InChI=1S/C36H49F5O5/c1-27(14-12-22-35(37,38)36(39,40)41)13-10-8-6-5-7-9-11-15-32-31-21-20-30(46-26-43-4)23-33(31)44-24-34(32,2)28-16-18-29(19-17-28)45-25-42-3/h13,16-21,23,32H,5-12,14-15,22,24-26H2,1-4H3/t32-,34-/m1/s1. The van der Waals surface area contributed by atoms with E-state index in [-0.39, 0.29) is 37.8 Å². The molecule has 0 radical (unpaired) electrons. The molecule has 2 atom stereocenters. The number of hydrogen-bond acceptors (Lipinski definition) is 5. The highest BCUT2D eigenvalue weighted by molar-refractivity contribution is 5.48. The Morgan fingerprint density at radius 1 is 0.848 bits per heavy atom. The lowest BCUT2D eigenvalue weighted by molar-refractivity contribution is -0.284. The van der Waals surface area contributed by atoms with Crippen LogP contribution in [-0.2, 0) is 14.9 Å². The van der Waals surface area contributed by atoms with Gasteiger partial charge in [0.25, 0.3) is 0 Å². The van der Waals surface area contributed by atoms with Crippen LogP contribution in [0.3, 0.4) is 0 Å². The highest BCUT2D eigenvalue weighted by atomic mass is 19.4. The van der Waals surface area contributed by atoms with Gasteiger partial charge in [-0.25, -0.2) is 0 Å². The lowest BCUT2D eigenvalue weighted by Gasteiger charge is -2.43. The minimum absolute atomic E-state index is 0.167. The Morgan fingerprint density at radius 3 is 2.11 bits per heavy atom. The fourth-order valence-electron chi connectivity index (χ4n) is 6.01. The molecule has 1 aliphatic rings. The second-order valence-corrected chi connectivity index (χ2v) is 12.4. The summed E-state index contributed by atoms with van der Waals surface area (Å²) in [5.74, 6) is -2.08. The number of methoxy groups -OCH3 is 2. The third kappa shape index (κ3) is 10.9. The fraction of sp³-hybridized carbons (Fsp3) is 0.611. The molecule has 2 aromatic carbocycles. The summed E-state index contributed by atoms with van der Waals surface area (Å²) in [7, 11) is 3.18. The first-order chi connectivity index (χ1) is 21.9. The van der Waals surface area contributed by atoms with E-state index < -0.39 is 18.5 Å². The summed E-state index contributed by atoms with van der Waals surface area (Å²) in [4.78, 5) is 0. The van der Waals surface area contributed by atoms with Crippen molar-refractivity contribution in [2.24, 2.45) is 0 Å². The minimum atomic E-state index is -5.48. The Bertz CT molecular complexity index is 1210. The van der Waals surface area contributed by atoms with E-state index in [0.29, 0.717) is 12.4 Å². The van der Waals surface area contributed by atoms with Gasteiger partial charge < -0.3 is 23.7 Å². The van der Waals surface area contributed by atoms with E-state index in [0.717, 1.165) is 68.4 Å². The van der Waals surface area contributed by atoms with E-state index in [1.54, 1.807) is 21.1 Å². The predicted octanol–water partition coefficient (Wildman–Crippen LogP) is 10.5. The summed E-state index contributed by atoms with van der Waals surface area (Å²) in [6, 6.07) is 14.2. The molecular formula is C36H49F5O5. The highest BCUT2D eigenvalue weighted by Gasteiger charge is 2.56. The van der Waals surface area contributed by atoms with Crippen LogP contribution >= 0.6 is 0 Å². The second kappa shape index (κ2) is 17.9. The van der Waals surface area contributed by atoms with Crippen molar-refractivity contribution in [2.75, 3.05) is 34.4 Å². The Kier molecular flexibility index (Phi) is 14.6. The van der Waals surface area contributed by atoms with E-state index in [4.69, 9.17) is 23.7 Å². The number of benzene rings is 2. The SMILES string of the molecule is COCOc1ccc([C@@]2(C)COc3cc(OCOC)ccc3[C@H]2CCCCCCCCC=C(C)CCCC(F)(F)C(F)(F)F)cc1. The van der Waals surface area contributed by atoms with Crippen molar-refractivity contribution < 1.29 is 45.6 Å². The van der Waals surface area contributed by atoms with Crippen molar-refractivity contribution in [3.05, 3.63) is 65.2 Å². The Balaban J connectivity index is 1.50. The Labute approximate surface area is 270 Å². The topological polar surface area (TPSA) is 46.2 Å². The van der Waals surface area contributed by atoms with Crippen LogP contribution in [0.4, 0.5) is 22.0 Å². The van der Waals surface area contributed by atoms with Gasteiger partial charge in [0.1, 0.15) is 17.2 Å². The van der Waals surface area contributed by atoms with Crippen LogP contribution < -0.4 is 14.2 Å². The third-order valence-corrected chi connectivity index (χ3v) is 8.77. The van der Waals surface area contributed by atoms with Crippen LogP contribution in [0, 0.1) is 0 Å². The first-order valence-electron chi connectivity index (χ1n) is 16.1. The van der Waals surface area contributed by atoms with Gasteiger partial charge in [-0.3, -0.25) is 0 Å². The molecule has 0 spiro atoms. The number of fused-ring (bicyclic) bond motifs is 1. The average molecular weight is 657 g/mol. The van der Waals surface area contributed by atoms with Crippen LogP contribution in [0.2, 0.25) is 0 Å². The number of alkyl halides is 5. The van der Waals surface area contributed by atoms with Crippen LogP contribution in [-0.4, -0.2) is 46.5 Å². The molecule has 0 saturated carbocycles. The number of ether oxygens (including phenoxy) is 5. The number of hydrogen-bond donors (Lipinski definition) is 0. The van der Waals surface area contributed by atoms with Crippen molar-refractivity contribution in [2.45, 2.75) is 108 Å². The summed E-state index contributed by atoms with van der Waals surface area (Å²) in [5.41, 5.74) is 2.98. The zero-order valence-corrected chi connectivity index (χ0v) is 27.5. The molecule has 1 heterocycles. The van der Waals surface area contributed by atoms with E-state index in [2.05, 4.69) is 25.1 Å². The van der Waals surface area contributed by atoms with Gasteiger partial charge in [-0.15, -0.1) is 0 Å². The fourth-order valence-corrected chi connectivity index (χ4v) is 6.01. The lowest BCUT2D eigenvalue weighted by atomic mass is 9.66. The second-order valence-electron chi connectivity index (χ2n) is 12.4. The molecule has 1 aliphatic heterocycles. The van der Waals surface area contributed by atoms with E-state index >= 15 is 0 Å². The van der Waals surface area contributed by atoms with Crippen LogP contribution in [0.25, 0.3) is 0 Å². The first-order valence-corrected chi connectivity index (χ1v) is 16.1. The normalized spacial score (nSPS) is 18.6. The maximum absolute atomic E-state index is 13.1. The molecule has 10 heteroatoms. The molecule has 0 unspecified atom stereocenters. The monoisotopic (exact) mass is 656 g/mol. The Morgan fingerprint density at radius 2 is 1.46 bits per heavy atom. The van der Waals surface area contributed by atoms with Gasteiger partial charge in [0.15, 0.2) is 13.6 Å². The molecule has 46 heavy (non-hydrogen) atoms. The third-order valence-electron chi connectivity index (χ3n) is 8.77. The predicted molar refractivity (Wildman–Crippen MR) is 169 cm³/mol. The van der Waals surface area contributed by atoms with E-state index in [1.807, 2.05) is 30.3 Å². The molecule has 258 valence electrons. The summed E-state index contributed by atoms with van der Waals surface area (Å²) < 4.78 is 90.8. The van der Waals surface area contributed by atoms with Crippen molar-refractivity contribution in [3.63, 3.8) is 0 Å². The van der Waals surface area contributed by atoms with Gasteiger partial charge in [0.05, 0.1) is 6.61 Å². The molecule has 0 aromatic heterocycles. The summed E-state index contributed by atoms with van der Waals surface area (Å²) in [6.45, 7) is 4.95. The van der Waals surface area contributed by atoms with Crippen molar-refractivity contribution in [1.82, 2.24) is 0 Å². The van der Waals surface area contributed by atoms with Gasteiger partial charge >= 0.3 is 12.1 Å². The van der Waals surface area contributed by atoms with Crippen LogP contribution in [0.15, 0.2) is 54.1 Å². The lowest BCUT2D eigenvalue weighted by Crippen LogP contribution is -2.40. The molecule has 0 saturated heterocycles. The molecule has 5 nitrogen and oxygen atoms in total. The number of allylic oxidation sites excluding steroid dienone is 2. The number of rotatable bonds is 20. The molecule has 0 fully saturated rings. The summed E-state index contributed by atoms with van der Waals surface area (Å²) in [5, 5.41) is 0. The van der Waals surface area contributed by atoms with Gasteiger partial charge in [-0.2, -0.15) is 22.0 Å². The zero-order chi connectivity index (χ0) is 33.6. The largest absolute Gasteiger partial charge is 0.492 e. The molecule has 0 N–H and O–H groups in total. The molecule has 0 aliphatic carbocycles. The van der Waals surface area contributed by atoms with Gasteiger partial charge in [-0.1, -0.05) is 68.9 Å². The molecule has 0 bridgehead atoms. The van der Waals surface area contributed by atoms with Crippen LogP contribution in [0.5, 0.6) is 17.2 Å². The summed E-state index contributed by atoms with van der Waals surface area (Å²) >= 11 is 0. The zero-order valence-electron chi connectivity index (χ0n) is 27.5. The minimum Gasteiger partial charge on any atom is -0.492 e. The van der Waals surface area contributed by atoms with Crippen molar-refractivity contribution in [1.29, 1.82) is 0 Å². The van der Waals surface area contributed by atoms with Crippen molar-refractivity contribution >= 4 is 0 Å². The van der Waals surface area contributed by atoms with E-state index in [1.165, 1.54) is 11.1 Å². The number of halogens is 5. The Hall–Kier alpha value is -2.85. The molecular weight excluding hydrogens is 607 g/mol. The van der Waals surface area contributed by atoms with E-state index in [9.17, 15) is 22.0 Å². The van der Waals surface area contributed by atoms with Gasteiger partial charge in [-0.05, 0) is 68.4 Å².